The number of benzene rings is 1. The van der Waals surface area contributed by atoms with Gasteiger partial charge in [0.05, 0.1) is 19.2 Å². The van der Waals surface area contributed by atoms with Crippen LogP contribution in [0.25, 0.3) is 0 Å². The fourth-order valence-electron chi connectivity index (χ4n) is 1.50. The van der Waals surface area contributed by atoms with E-state index in [2.05, 4.69) is 5.32 Å². The van der Waals surface area contributed by atoms with Crippen molar-refractivity contribution in [3.8, 4) is 11.5 Å². The topological polar surface area (TPSA) is 58.6 Å². The van der Waals surface area contributed by atoms with E-state index in [9.17, 15) is 9.90 Å². The monoisotopic (exact) mass is 209 g/mol. The van der Waals surface area contributed by atoms with Crippen molar-refractivity contribution in [3.63, 3.8) is 0 Å². The highest BCUT2D eigenvalue weighted by molar-refractivity contribution is 6.01. The van der Waals surface area contributed by atoms with Crippen LogP contribution in [0.5, 0.6) is 11.5 Å². The maximum absolute atomic E-state index is 11.7. The van der Waals surface area contributed by atoms with Crippen LogP contribution in [0.3, 0.4) is 0 Å². The standard InChI is InChI=1S/C11H15NO3/c1-7-4-8(13)5-10(15-3)11(7)9(14)6-12-2/h4-5,12-13H,6H2,1-3H3. The minimum absolute atomic E-state index is 0.0492. The van der Waals surface area contributed by atoms with Gasteiger partial charge in [0.25, 0.3) is 0 Å². The molecule has 0 aliphatic carbocycles. The zero-order valence-electron chi connectivity index (χ0n) is 9.13. The third-order valence-electron chi connectivity index (χ3n) is 2.12. The van der Waals surface area contributed by atoms with E-state index in [1.807, 2.05) is 0 Å². The molecule has 0 aliphatic heterocycles. The van der Waals surface area contributed by atoms with E-state index in [-0.39, 0.29) is 18.1 Å². The van der Waals surface area contributed by atoms with Gasteiger partial charge in [0.1, 0.15) is 11.5 Å². The van der Waals surface area contributed by atoms with Crippen LogP contribution >= 0.6 is 0 Å². The molecule has 4 heteroatoms. The molecule has 0 fully saturated rings. The van der Waals surface area contributed by atoms with Gasteiger partial charge >= 0.3 is 0 Å². The number of likely N-dealkylation sites (N-methyl/N-ethyl adjacent to an activating group) is 1. The molecule has 4 nitrogen and oxygen atoms in total. The second-order valence-electron chi connectivity index (χ2n) is 3.29. The SMILES string of the molecule is CNCC(=O)c1c(C)cc(O)cc1OC. The van der Waals surface area contributed by atoms with Crippen molar-refractivity contribution in [2.24, 2.45) is 0 Å². The van der Waals surface area contributed by atoms with Crippen LogP contribution in [-0.4, -0.2) is 31.6 Å². The Balaban J connectivity index is 3.20. The first-order chi connectivity index (χ1) is 7.10. The van der Waals surface area contributed by atoms with E-state index in [4.69, 9.17) is 4.74 Å². The van der Waals surface area contributed by atoms with E-state index in [1.54, 1.807) is 20.0 Å². The van der Waals surface area contributed by atoms with Crippen LogP contribution in [0.4, 0.5) is 0 Å². The Labute approximate surface area is 88.9 Å². The molecule has 0 saturated heterocycles. The molecule has 15 heavy (non-hydrogen) atoms. The van der Waals surface area contributed by atoms with Gasteiger partial charge in [-0.2, -0.15) is 0 Å². The van der Waals surface area contributed by atoms with Crippen LogP contribution in [-0.2, 0) is 0 Å². The summed E-state index contributed by atoms with van der Waals surface area (Å²) in [6.07, 6.45) is 0. The molecule has 0 aromatic heterocycles. The Bertz CT molecular complexity index is 374. The Hall–Kier alpha value is -1.55. The molecule has 0 aliphatic rings. The number of phenolic OH excluding ortho intramolecular Hbond substituents is 1. The molecule has 1 rings (SSSR count). The van der Waals surface area contributed by atoms with Gasteiger partial charge in [-0.25, -0.2) is 0 Å². The average Bonchev–Trinajstić information content (AvgIpc) is 2.16. The summed E-state index contributed by atoms with van der Waals surface area (Å²) in [5.41, 5.74) is 1.23. The predicted octanol–water partition coefficient (Wildman–Crippen LogP) is 1.11. The number of carbonyl (C=O) groups is 1. The highest BCUT2D eigenvalue weighted by atomic mass is 16.5. The summed E-state index contributed by atoms with van der Waals surface area (Å²) in [6.45, 7) is 2.02. The molecule has 82 valence electrons. The van der Waals surface area contributed by atoms with E-state index < -0.39 is 0 Å². The second-order valence-corrected chi connectivity index (χ2v) is 3.29. The zero-order valence-corrected chi connectivity index (χ0v) is 9.13. The lowest BCUT2D eigenvalue weighted by Gasteiger charge is -2.11. The fourth-order valence-corrected chi connectivity index (χ4v) is 1.50. The van der Waals surface area contributed by atoms with Gasteiger partial charge in [-0.1, -0.05) is 0 Å². The predicted molar refractivity (Wildman–Crippen MR) is 57.7 cm³/mol. The molecule has 0 amide bonds. The first kappa shape index (κ1) is 11.5. The lowest BCUT2D eigenvalue weighted by Crippen LogP contribution is -2.20. The number of carbonyl (C=O) groups excluding carboxylic acids is 1. The minimum atomic E-state index is -0.0492. The summed E-state index contributed by atoms with van der Waals surface area (Å²) in [7, 11) is 3.19. The first-order valence-corrected chi connectivity index (χ1v) is 4.65. The van der Waals surface area contributed by atoms with Gasteiger partial charge in [-0.3, -0.25) is 4.79 Å². The highest BCUT2D eigenvalue weighted by Gasteiger charge is 2.15. The van der Waals surface area contributed by atoms with Gasteiger partial charge in [0.2, 0.25) is 0 Å². The molecule has 0 radical (unpaired) electrons. The number of phenols is 1. The van der Waals surface area contributed by atoms with Crippen molar-refractivity contribution in [3.05, 3.63) is 23.3 Å². The van der Waals surface area contributed by atoms with Crippen molar-refractivity contribution in [2.45, 2.75) is 6.92 Å². The lowest BCUT2D eigenvalue weighted by molar-refractivity contribution is 0.0990. The van der Waals surface area contributed by atoms with Gasteiger partial charge < -0.3 is 15.2 Å². The summed E-state index contributed by atoms with van der Waals surface area (Å²) in [6, 6.07) is 2.99. The Morgan fingerprint density at radius 2 is 2.20 bits per heavy atom. The van der Waals surface area contributed by atoms with Crippen molar-refractivity contribution in [2.75, 3.05) is 20.7 Å². The first-order valence-electron chi connectivity index (χ1n) is 4.65. The van der Waals surface area contributed by atoms with Crippen molar-refractivity contribution >= 4 is 5.78 Å². The highest BCUT2D eigenvalue weighted by Crippen LogP contribution is 2.27. The summed E-state index contributed by atoms with van der Waals surface area (Å²) in [5.74, 6) is 0.463. The molecule has 0 heterocycles. The Kier molecular flexibility index (Phi) is 3.68. The van der Waals surface area contributed by atoms with Gasteiger partial charge in [0, 0.05) is 6.07 Å². The largest absolute Gasteiger partial charge is 0.508 e. The number of Topliss-reactive ketones (excluding diaryl/α,β-unsaturated/α-hetero) is 1. The number of methoxy groups -OCH3 is 1. The summed E-state index contributed by atoms with van der Waals surface area (Å²) in [4.78, 5) is 11.7. The number of ether oxygens (including phenoxy) is 1. The number of ketones is 1. The maximum Gasteiger partial charge on any atom is 0.180 e. The van der Waals surface area contributed by atoms with E-state index in [0.29, 0.717) is 16.9 Å². The van der Waals surface area contributed by atoms with Crippen LogP contribution in [0.15, 0.2) is 12.1 Å². The lowest BCUT2D eigenvalue weighted by atomic mass is 10.0. The molecule has 0 saturated carbocycles. The Morgan fingerprint density at radius 1 is 1.53 bits per heavy atom. The van der Waals surface area contributed by atoms with Crippen LogP contribution < -0.4 is 10.1 Å². The smallest absolute Gasteiger partial charge is 0.180 e. The maximum atomic E-state index is 11.7. The third-order valence-corrected chi connectivity index (χ3v) is 2.12. The molecule has 0 spiro atoms. The number of aryl methyl sites for hydroxylation is 1. The average molecular weight is 209 g/mol. The van der Waals surface area contributed by atoms with Crippen molar-refractivity contribution in [1.82, 2.24) is 5.32 Å². The van der Waals surface area contributed by atoms with Gasteiger partial charge in [0.15, 0.2) is 5.78 Å². The van der Waals surface area contributed by atoms with E-state index >= 15 is 0 Å². The number of nitrogens with one attached hydrogen (secondary N) is 1. The zero-order chi connectivity index (χ0) is 11.4. The number of hydrogen-bond donors (Lipinski definition) is 2. The summed E-state index contributed by atoms with van der Waals surface area (Å²) >= 11 is 0. The molecule has 0 atom stereocenters. The molecule has 0 bridgehead atoms. The van der Waals surface area contributed by atoms with E-state index in [1.165, 1.54) is 13.2 Å². The van der Waals surface area contributed by atoms with Crippen molar-refractivity contribution in [1.29, 1.82) is 0 Å². The van der Waals surface area contributed by atoms with Gasteiger partial charge in [-0.15, -0.1) is 0 Å². The normalized spacial score (nSPS) is 10.1. The van der Waals surface area contributed by atoms with Crippen LogP contribution in [0.1, 0.15) is 15.9 Å². The van der Waals surface area contributed by atoms with E-state index in [0.717, 1.165) is 0 Å². The third kappa shape index (κ3) is 2.47. The number of aromatic hydroxyl groups is 1. The van der Waals surface area contributed by atoms with Gasteiger partial charge in [-0.05, 0) is 25.6 Å². The van der Waals surface area contributed by atoms with Crippen LogP contribution in [0.2, 0.25) is 0 Å². The minimum Gasteiger partial charge on any atom is -0.508 e. The van der Waals surface area contributed by atoms with Crippen molar-refractivity contribution < 1.29 is 14.6 Å². The summed E-state index contributed by atoms with van der Waals surface area (Å²) < 4.78 is 5.07. The second kappa shape index (κ2) is 4.79. The quantitative estimate of drug-likeness (QED) is 0.729. The molecule has 0 unspecified atom stereocenters. The molecule has 2 N–H and O–H groups in total. The molecular formula is C11H15NO3. The Morgan fingerprint density at radius 3 is 2.73 bits per heavy atom. The number of rotatable bonds is 4. The summed E-state index contributed by atoms with van der Waals surface area (Å²) in [5, 5.41) is 12.1. The molecule has 1 aromatic carbocycles. The molecule has 1 aromatic rings. The fraction of sp³-hybridized carbons (Fsp3) is 0.364. The molecular weight excluding hydrogens is 194 g/mol. The van der Waals surface area contributed by atoms with Crippen LogP contribution in [0, 0.1) is 6.92 Å². The number of hydrogen-bond acceptors (Lipinski definition) is 4.